The average Bonchev–Trinajstić information content (AvgIpc) is 2.84. The summed E-state index contributed by atoms with van der Waals surface area (Å²) >= 11 is 1.56. The fraction of sp³-hybridized carbons (Fsp3) is 0.500. The number of piperidine rings is 1. The second kappa shape index (κ2) is 4.59. The van der Waals surface area contributed by atoms with E-state index in [9.17, 15) is 5.11 Å². The minimum absolute atomic E-state index is 0.412. The molecule has 4 N–H and O–H groups in total. The summed E-state index contributed by atoms with van der Waals surface area (Å²) in [6.07, 6.45) is 1.78. The van der Waals surface area contributed by atoms with E-state index in [4.69, 9.17) is 5.84 Å². The molecule has 1 atom stereocenters. The van der Waals surface area contributed by atoms with Crippen LogP contribution in [0, 0.1) is 0 Å². The zero-order chi connectivity index (χ0) is 13.5. The molecule has 0 saturated carbocycles. The Bertz CT molecular complexity index is 597. The second-order valence-electron chi connectivity index (χ2n) is 5.18. The molecule has 6 nitrogen and oxygen atoms in total. The van der Waals surface area contributed by atoms with Gasteiger partial charge in [-0.25, -0.2) is 10.8 Å². The maximum Gasteiger partial charge on any atom is 0.240 e. The number of nitrogens with two attached hydrogens (primary N) is 1. The summed E-state index contributed by atoms with van der Waals surface area (Å²) in [4.78, 5) is 11.8. The zero-order valence-electron chi connectivity index (χ0n) is 10.8. The van der Waals surface area contributed by atoms with Gasteiger partial charge in [-0.05, 0) is 31.2 Å². The van der Waals surface area contributed by atoms with Crippen LogP contribution in [0.4, 0.5) is 11.8 Å². The Morgan fingerprint density at radius 2 is 2.37 bits per heavy atom. The molecule has 0 aromatic carbocycles. The third-order valence-corrected chi connectivity index (χ3v) is 4.22. The van der Waals surface area contributed by atoms with Crippen molar-refractivity contribution in [1.29, 1.82) is 0 Å². The minimum Gasteiger partial charge on any atom is -0.388 e. The third kappa shape index (κ3) is 2.36. The fourth-order valence-corrected chi connectivity index (χ4v) is 3.30. The molecule has 1 aliphatic heterocycles. The molecule has 102 valence electrons. The highest BCUT2D eigenvalue weighted by atomic mass is 32.1. The average molecular weight is 279 g/mol. The molecule has 0 amide bonds. The second-order valence-corrected chi connectivity index (χ2v) is 6.07. The van der Waals surface area contributed by atoms with Gasteiger partial charge < -0.3 is 10.0 Å². The van der Waals surface area contributed by atoms with Gasteiger partial charge in [0.15, 0.2) is 0 Å². The molecule has 2 aromatic rings. The highest BCUT2D eigenvalue weighted by Crippen LogP contribution is 2.32. The van der Waals surface area contributed by atoms with Crippen LogP contribution in [0.15, 0.2) is 11.4 Å². The van der Waals surface area contributed by atoms with E-state index in [1.807, 2.05) is 18.4 Å². The summed E-state index contributed by atoms with van der Waals surface area (Å²) in [6, 6.07) is 2.01. The van der Waals surface area contributed by atoms with Gasteiger partial charge in [0.1, 0.15) is 10.6 Å². The number of hydrogen-bond acceptors (Lipinski definition) is 7. The first-order valence-corrected chi connectivity index (χ1v) is 7.16. The number of fused-ring (bicyclic) bond motifs is 1. The highest BCUT2D eigenvalue weighted by molar-refractivity contribution is 7.16. The molecule has 7 heteroatoms. The van der Waals surface area contributed by atoms with Gasteiger partial charge in [0.05, 0.1) is 11.0 Å². The van der Waals surface area contributed by atoms with Gasteiger partial charge in [-0.3, -0.25) is 5.43 Å². The largest absolute Gasteiger partial charge is 0.388 e. The van der Waals surface area contributed by atoms with Gasteiger partial charge in [0, 0.05) is 13.1 Å². The van der Waals surface area contributed by atoms with Crippen LogP contribution >= 0.6 is 11.3 Å². The quantitative estimate of drug-likeness (QED) is 0.568. The van der Waals surface area contributed by atoms with Crippen LogP contribution in [0.1, 0.15) is 19.8 Å². The number of aromatic nitrogens is 2. The Morgan fingerprint density at radius 1 is 1.53 bits per heavy atom. The molecule has 1 unspecified atom stereocenters. The first-order chi connectivity index (χ1) is 9.09. The summed E-state index contributed by atoms with van der Waals surface area (Å²) in [5, 5.41) is 13.2. The van der Waals surface area contributed by atoms with Gasteiger partial charge in [0.2, 0.25) is 5.95 Å². The van der Waals surface area contributed by atoms with Crippen molar-refractivity contribution < 1.29 is 5.11 Å². The monoisotopic (exact) mass is 279 g/mol. The zero-order valence-corrected chi connectivity index (χ0v) is 11.6. The van der Waals surface area contributed by atoms with Crippen molar-refractivity contribution >= 4 is 33.3 Å². The van der Waals surface area contributed by atoms with E-state index in [0.717, 1.165) is 35.4 Å². The van der Waals surface area contributed by atoms with Gasteiger partial charge in [-0.1, -0.05) is 0 Å². The summed E-state index contributed by atoms with van der Waals surface area (Å²) in [5.41, 5.74) is 1.84. The van der Waals surface area contributed by atoms with Crippen LogP contribution in [-0.4, -0.2) is 33.8 Å². The van der Waals surface area contributed by atoms with Crippen LogP contribution in [0.5, 0.6) is 0 Å². The lowest BCUT2D eigenvalue weighted by atomic mass is 9.95. The van der Waals surface area contributed by atoms with Crippen molar-refractivity contribution in [2.24, 2.45) is 5.84 Å². The van der Waals surface area contributed by atoms with E-state index in [1.54, 1.807) is 11.3 Å². The van der Waals surface area contributed by atoms with E-state index in [-0.39, 0.29) is 0 Å². The predicted molar refractivity (Wildman–Crippen MR) is 77.3 cm³/mol. The maximum atomic E-state index is 10.2. The van der Waals surface area contributed by atoms with Gasteiger partial charge >= 0.3 is 0 Å². The Hall–Kier alpha value is -1.44. The topological polar surface area (TPSA) is 87.3 Å². The SMILES string of the molecule is CC1(O)CCCN(c2nc(NN)nc3sccc23)C1. The van der Waals surface area contributed by atoms with E-state index in [0.29, 0.717) is 12.5 Å². The molecule has 0 spiro atoms. The number of nitrogens with one attached hydrogen (secondary N) is 1. The molecule has 0 aliphatic carbocycles. The number of nitrogens with zero attached hydrogens (tertiary/aromatic N) is 3. The number of aliphatic hydroxyl groups is 1. The summed E-state index contributed by atoms with van der Waals surface area (Å²) in [5.74, 6) is 6.68. The van der Waals surface area contributed by atoms with Crippen LogP contribution < -0.4 is 16.2 Å². The molecular weight excluding hydrogens is 262 g/mol. The fourth-order valence-electron chi connectivity index (χ4n) is 2.55. The van der Waals surface area contributed by atoms with Gasteiger partial charge in [-0.15, -0.1) is 11.3 Å². The normalized spacial score (nSPS) is 23.8. The lowest BCUT2D eigenvalue weighted by Crippen LogP contribution is -2.46. The third-order valence-electron chi connectivity index (χ3n) is 3.41. The summed E-state index contributed by atoms with van der Waals surface area (Å²) in [6.45, 7) is 3.34. The van der Waals surface area contributed by atoms with E-state index in [2.05, 4.69) is 20.3 Å². The van der Waals surface area contributed by atoms with Gasteiger partial charge in [-0.2, -0.15) is 4.98 Å². The van der Waals surface area contributed by atoms with E-state index in [1.165, 1.54) is 0 Å². The summed E-state index contributed by atoms with van der Waals surface area (Å²) < 4.78 is 0. The number of thiophene rings is 1. The maximum absolute atomic E-state index is 10.2. The Labute approximate surface area is 115 Å². The Balaban J connectivity index is 2.05. The first kappa shape index (κ1) is 12.6. The first-order valence-electron chi connectivity index (χ1n) is 6.28. The molecule has 1 aliphatic rings. The molecule has 1 fully saturated rings. The van der Waals surface area contributed by atoms with Crippen LogP contribution in [-0.2, 0) is 0 Å². The molecule has 2 aromatic heterocycles. The molecule has 0 bridgehead atoms. The number of hydrazine groups is 1. The van der Waals surface area contributed by atoms with Crippen molar-refractivity contribution in [3.05, 3.63) is 11.4 Å². The van der Waals surface area contributed by atoms with Gasteiger partial charge in [0.25, 0.3) is 0 Å². The van der Waals surface area contributed by atoms with Crippen molar-refractivity contribution in [2.45, 2.75) is 25.4 Å². The molecular formula is C12H17N5OS. The van der Waals surface area contributed by atoms with Crippen molar-refractivity contribution in [3.63, 3.8) is 0 Å². The molecule has 0 radical (unpaired) electrons. The molecule has 19 heavy (non-hydrogen) atoms. The van der Waals surface area contributed by atoms with E-state index < -0.39 is 5.60 Å². The smallest absolute Gasteiger partial charge is 0.240 e. The lowest BCUT2D eigenvalue weighted by molar-refractivity contribution is 0.0448. The lowest BCUT2D eigenvalue weighted by Gasteiger charge is -2.37. The van der Waals surface area contributed by atoms with Crippen molar-refractivity contribution in [2.75, 3.05) is 23.4 Å². The standard InChI is InChI=1S/C12H17N5OS/c1-12(18)4-2-5-17(7-12)9-8-3-6-19-10(8)15-11(14-9)16-13/h3,6,18H,2,4-5,7,13H2,1H3,(H,14,15,16). The van der Waals surface area contributed by atoms with Crippen LogP contribution in [0.2, 0.25) is 0 Å². The highest BCUT2D eigenvalue weighted by Gasteiger charge is 2.30. The molecule has 1 saturated heterocycles. The van der Waals surface area contributed by atoms with E-state index >= 15 is 0 Å². The molecule has 3 heterocycles. The van der Waals surface area contributed by atoms with Crippen molar-refractivity contribution in [3.8, 4) is 0 Å². The number of nitrogen functional groups attached to an aromatic ring is 1. The minimum atomic E-state index is -0.665. The number of anilines is 2. The summed E-state index contributed by atoms with van der Waals surface area (Å²) in [7, 11) is 0. The van der Waals surface area contributed by atoms with Crippen LogP contribution in [0.25, 0.3) is 10.2 Å². The number of rotatable bonds is 2. The Kier molecular flexibility index (Phi) is 3.04. The Morgan fingerprint density at radius 3 is 3.11 bits per heavy atom. The molecule has 3 rings (SSSR count). The number of β-amino-alcohol motifs (C(OH)–C–C–N with tert-alkyl or cyclic N) is 1. The number of hydrogen-bond donors (Lipinski definition) is 3. The predicted octanol–water partition coefficient (Wildman–Crippen LogP) is 1.33. The van der Waals surface area contributed by atoms with Crippen LogP contribution in [0.3, 0.4) is 0 Å². The van der Waals surface area contributed by atoms with Crippen molar-refractivity contribution in [1.82, 2.24) is 9.97 Å².